The Labute approximate surface area is 113 Å². The van der Waals surface area contributed by atoms with Crippen molar-refractivity contribution in [1.29, 1.82) is 0 Å². The zero-order valence-electron chi connectivity index (χ0n) is 10.9. The van der Waals surface area contributed by atoms with Crippen molar-refractivity contribution in [3.05, 3.63) is 29.8 Å². The molecule has 1 fully saturated rings. The van der Waals surface area contributed by atoms with Gasteiger partial charge >= 0.3 is 0 Å². The number of hydrogen-bond donors (Lipinski definition) is 2. The maximum absolute atomic E-state index is 12.3. The molecule has 1 saturated heterocycles. The van der Waals surface area contributed by atoms with E-state index in [-0.39, 0.29) is 11.5 Å². The molecule has 1 aromatic carbocycles. The lowest BCUT2D eigenvalue weighted by molar-refractivity contribution is 0.0386. The number of ether oxygens (including phenoxy) is 1. The third-order valence-corrected chi connectivity index (χ3v) is 4.89. The number of rotatable bonds is 4. The van der Waals surface area contributed by atoms with Gasteiger partial charge in [0.1, 0.15) is 0 Å². The maximum atomic E-state index is 12.3. The molecule has 1 aromatic rings. The van der Waals surface area contributed by atoms with Gasteiger partial charge in [0, 0.05) is 6.61 Å². The minimum atomic E-state index is -3.55. The highest BCUT2D eigenvalue weighted by atomic mass is 32.2. The molecular formula is C13H19NO4S. The van der Waals surface area contributed by atoms with Crippen molar-refractivity contribution in [1.82, 2.24) is 4.72 Å². The second-order valence-electron chi connectivity index (χ2n) is 5.12. The molecule has 19 heavy (non-hydrogen) atoms. The number of benzene rings is 1. The molecule has 0 aliphatic carbocycles. The fraction of sp³-hybridized carbons (Fsp3) is 0.538. The van der Waals surface area contributed by atoms with Crippen LogP contribution in [-0.2, 0) is 21.4 Å². The molecule has 1 atom stereocenters. The van der Waals surface area contributed by atoms with Gasteiger partial charge in [-0.3, -0.25) is 0 Å². The average molecular weight is 285 g/mol. The lowest BCUT2D eigenvalue weighted by atomic mass is 9.97. The molecule has 5 nitrogen and oxygen atoms in total. The number of aliphatic hydroxyl groups excluding tert-OH is 1. The van der Waals surface area contributed by atoms with Gasteiger partial charge in [-0.1, -0.05) is 12.1 Å². The standard InChI is InChI=1S/C13H19NO4S/c1-13(7-2-8-18-10-13)14-19(16,17)12-5-3-11(9-15)4-6-12/h3-6,14-15H,2,7-10H2,1H3. The molecule has 0 saturated carbocycles. The normalized spacial score (nSPS) is 24.3. The largest absolute Gasteiger partial charge is 0.392 e. The van der Waals surface area contributed by atoms with Crippen molar-refractivity contribution in [2.24, 2.45) is 0 Å². The summed E-state index contributed by atoms with van der Waals surface area (Å²) in [4.78, 5) is 0.205. The van der Waals surface area contributed by atoms with Gasteiger partial charge in [-0.2, -0.15) is 0 Å². The van der Waals surface area contributed by atoms with Crippen LogP contribution >= 0.6 is 0 Å². The third kappa shape index (κ3) is 3.54. The monoisotopic (exact) mass is 285 g/mol. The molecule has 6 heteroatoms. The van der Waals surface area contributed by atoms with E-state index in [4.69, 9.17) is 9.84 Å². The summed E-state index contributed by atoms with van der Waals surface area (Å²) in [6, 6.07) is 6.21. The van der Waals surface area contributed by atoms with Crippen LogP contribution < -0.4 is 4.72 Å². The predicted octanol–water partition coefficient (Wildman–Crippen LogP) is 1.03. The molecular weight excluding hydrogens is 266 g/mol. The van der Waals surface area contributed by atoms with Crippen LogP contribution in [0.4, 0.5) is 0 Å². The van der Waals surface area contributed by atoms with Gasteiger partial charge in [0.15, 0.2) is 0 Å². The number of sulfonamides is 1. The smallest absolute Gasteiger partial charge is 0.241 e. The first-order valence-corrected chi connectivity index (χ1v) is 7.75. The zero-order valence-corrected chi connectivity index (χ0v) is 11.7. The molecule has 0 spiro atoms. The van der Waals surface area contributed by atoms with Crippen LogP contribution in [0.25, 0.3) is 0 Å². The van der Waals surface area contributed by atoms with E-state index >= 15 is 0 Å². The van der Waals surface area contributed by atoms with Crippen LogP contribution in [0.1, 0.15) is 25.3 Å². The van der Waals surface area contributed by atoms with Crippen LogP contribution in [0, 0.1) is 0 Å². The van der Waals surface area contributed by atoms with Crippen molar-refractivity contribution in [3.63, 3.8) is 0 Å². The van der Waals surface area contributed by atoms with E-state index in [9.17, 15) is 8.42 Å². The zero-order chi connectivity index (χ0) is 13.9. The summed E-state index contributed by atoms with van der Waals surface area (Å²) in [7, 11) is -3.55. The summed E-state index contributed by atoms with van der Waals surface area (Å²) < 4.78 is 32.6. The van der Waals surface area contributed by atoms with Crippen LogP contribution in [0.3, 0.4) is 0 Å². The molecule has 1 aliphatic heterocycles. The van der Waals surface area contributed by atoms with Crippen LogP contribution in [-0.4, -0.2) is 32.3 Å². The summed E-state index contributed by atoms with van der Waals surface area (Å²) in [6.07, 6.45) is 1.61. The highest BCUT2D eigenvalue weighted by Gasteiger charge is 2.32. The van der Waals surface area contributed by atoms with Gasteiger partial charge < -0.3 is 9.84 Å². The first kappa shape index (κ1) is 14.5. The lowest BCUT2D eigenvalue weighted by Gasteiger charge is -2.33. The Morgan fingerprint density at radius 3 is 2.58 bits per heavy atom. The van der Waals surface area contributed by atoms with E-state index in [2.05, 4.69) is 4.72 Å². The summed E-state index contributed by atoms with van der Waals surface area (Å²) in [5.41, 5.74) is 0.137. The average Bonchev–Trinajstić information content (AvgIpc) is 2.38. The number of nitrogens with one attached hydrogen (secondary N) is 1. The highest BCUT2D eigenvalue weighted by Crippen LogP contribution is 2.21. The molecule has 0 bridgehead atoms. The second kappa shape index (κ2) is 5.58. The highest BCUT2D eigenvalue weighted by molar-refractivity contribution is 7.89. The minimum Gasteiger partial charge on any atom is -0.392 e. The summed E-state index contributed by atoms with van der Waals surface area (Å²) >= 11 is 0. The molecule has 0 amide bonds. The summed E-state index contributed by atoms with van der Waals surface area (Å²) in [6.45, 7) is 2.83. The van der Waals surface area contributed by atoms with Crippen molar-refractivity contribution in [3.8, 4) is 0 Å². The summed E-state index contributed by atoms with van der Waals surface area (Å²) in [5.74, 6) is 0. The number of aliphatic hydroxyl groups is 1. The van der Waals surface area contributed by atoms with Crippen LogP contribution in [0.15, 0.2) is 29.2 Å². The van der Waals surface area contributed by atoms with E-state index in [1.165, 1.54) is 12.1 Å². The lowest BCUT2D eigenvalue weighted by Crippen LogP contribution is -2.51. The van der Waals surface area contributed by atoms with Gasteiger partial charge in [0.25, 0.3) is 0 Å². The van der Waals surface area contributed by atoms with Crippen LogP contribution in [0.5, 0.6) is 0 Å². The van der Waals surface area contributed by atoms with Gasteiger partial charge in [0.2, 0.25) is 10.0 Å². The second-order valence-corrected chi connectivity index (χ2v) is 6.81. The Hall–Kier alpha value is -0.950. The topological polar surface area (TPSA) is 75.6 Å². The Morgan fingerprint density at radius 2 is 2.05 bits per heavy atom. The van der Waals surface area contributed by atoms with E-state index in [0.29, 0.717) is 18.8 Å². The fourth-order valence-electron chi connectivity index (χ4n) is 2.17. The summed E-state index contributed by atoms with van der Waals surface area (Å²) in [5, 5.41) is 8.95. The van der Waals surface area contributed by atoms with E-state index in [1.54, 1.807) is 12.1 Å². The van der Waals surface area contributed by atoms with Crippen molar-refractivity contribution in [2.45, 2.75) is 36.8 Å². The SMILES string of the molecule is CC1(NS(=O)(=O)c2ccc(CO)cc2)CCCOC1. The molecule has 2 rings (SSSR count). The van der Waals surface area contributed by atoms with E-state index < -0.39 is 15.6 Å². The van der Waals surface area contributed by atoms with Gasteiger partial charge in [-0.25, -0.2) is 13.1 Å². The van der Waals surface area contributed by atoms with E-state index in [0.717, 1.165) is 12.8 Å². The van der Waals surface area contributed by atoms with Crippen molar-refractivity contribution in [2.75, 3.05) is 13.2 Å². The molecule has 106 valence electrons. The Morgan fingerprint density at radius 1 is 1.37 bits per heavy atom. The quantitative estimate of drug-likeness (QED) is 0.866. The fourth-order valence-corrected chi connectivity index (χ4v) is 3.59. The van der Waals surface area contributed by atoms with Gasteiger partial charge in [-0.05, 0) is 37.5 Å². The van der Waals surface area contributed by atoms with Crippen LogP contribution in [0.2, 0.25) is 0 Å². The molecule has 1 heterocycles. The van der Waals surface area contributed by atoms with Gasteiger partial charge in [0.05, 0.1) is 23.6 Å². The first-order valence-electron chi connectivity index (χ1n) is 6.27. The minimum absolute atomic E-state index is 0.0979. The Bertz CT molecular complexity index is 518. The van der Waals surface area contributed by atoms with Crippen molar-refractivity contribution < 1.29 is 18.3 Å². The Kier molecular flexibility index (Phi) is 4.25. The Balaban J connectivity index is 2.17. The molecule has 2 N–H and O–H groups in total. The predicted molar refractivity (Wildman–Crippen MR) is 71.1 cm³/mol. The van der Waals surface area contributed by atoms with E-state index in [1.807, 2.05) is 6.92 Å². The van der Waals surface area contributed by atoms with Gasteiger partial charge in [-0.15, -0.1) is 0 Å². The molecule has 0 radical (unpaired) electrons. The molecule has 1 unspecified atom stereocenters. The van der Waals surface area contributed by atoms with Crippen molar-refractivity contribution >= 4 is 10.0 Å². The number of hydrogen-bond acceptors (Lipinski definition) is 4. The maximum Gasteiger partial charge on any atom is 0.241 e. The molecule has 1 aliphatic rings. The third-order valence-electron chi connectivity index (χ3n) is 3.23. The molecule has 0 aromatic heterocycles. The first-order chi connectivity index (χ1) is 8.95.